The van der Waals surface area contributed by atoms with E-state index < -0.39 is 5.91 Å². The second-order valence-electron chi connectivity index (χ2n) is 10.5. The number of aryl methyl sites for hydroxylation is 3. The first kappa shape index (κ1) is 28.4. The maximum atomic E-state index is 12.5. The predicted molar refractivity (Wildman–Crippen MR) is 165 cm³/mol. The lowest BCUT2D eigenvalue weighted by molar-refractivity contribution is 0.0955. The number of hydrogen-bond donors (Lipinski definition) is 2. The fraction of sp³-hybridized carbons (Fsp3) is 0.235. The summed E-state index contributed by atoms with van der Waals surface area (Å²) in [6, 6.07) is 23.1. The van der Waals surface area contributed by atoms with E-state index in [1.807, 2.05) is 37.3 Å². The first-order valence-corrected chi connectivity index (χ1v) is 14.1. The molecule has 4 aromatic carbocycles. The van der Waals surface area contributed by atoms with Crippen LogP contribution in [0.2, 0.25) is 5.02 Å². The molecule has 0 aliphatic carbocycles. The molecule has 1 amide bonds. The molecule has 0 saturated heterocycles. The van der Waals surface area contributed by atoms with Gasteiger partial charge in [-0.15, -0.1) is 0 Å². The number of nitrogens with one attached hydrogen (secondary N) is 1. The molecule has 1 aliphatic heterocycles. The third-order valence-corrected chi connectivity index (χ3v) is 7.84. The zero-order valence-corrected chi connectivity index (χ0v) is 24.3. The number of hydrogen-bond acceptors (Lipinski definition) is 5. The standard InChI is InChI=1S/C34H34ClN3O3/c1-22-16-27-11-12-38(21-29(27)17-23(22)2)13-14-41-33-24(3)15-25(18-30(33)26-7-5-4-6-8-26)20-36-37-34(40)28-9-10-32(39)31(35)19-28/h4-10,15-20,39H,11-14,21H2,1-3H3,(H,37,40)/b36-20-. The van der Waals surface area contributed by atoms with E-state index in [9.17, 15) is 9.90 Å². The summed E-state index contributed by atoms with van der Waals surface area (Å²) in [4.78, 5) is 14.9. The predicted octanol–water partition coefficient (Wildman–Crippen LogP) is 6.84. The van der Waals surface area contributed by atoms with Crippen molar-refractivity contribution in [1.29, 1.82) is 0 Å². The van der Waals surface area contributed by atoms with Crippen molar-refractivity contribution < 1.29 is 14.6 Å². The maximum Gasteiger partial charge on any atom is 0.271 e. The highest BCUT2D eigenvalue weighted by Crippen LogP contribution is 2.34. The smallest absolute Gasteiger partial charge is 0.271 e. The molecule has 41 heavy (non-hydrogen) atoms. The fourth-order valence-corrected chi connectivity index (χ4v) is 5.34. The molecule has 1 heterocycles. The number of halogens is 1. The molecule has 0 fully saturated rings. The van der Waals surface area contributed by atoms with Gasteiger partial charge in [0.1, 0.15) is 18.1 Å². The fourth-order valence-electron chi connectivity index (χ4n) is 5.16. The van der Waals surface area contributed by atoms with Crippen molar-refractivity contribution in [2.24, 2.45) is 5.10 Å². The van der Waals surface area contributed by atoms with Crippen LogP contribution < -0.4 is 10.2 Å². The van der Waals surface area contributed by atoms with Crippen LogP contribution in [0.25, 0.3) is 11.1 Å². The van der Waals surface area contributed by atoms with Crippen LogP contribution in [0.4, 0.5) is 0 Å². The molecule has 0 unspecified atom stereocenters. The summed E-state index contributed by atoms with van der Waals surface area (Å²) >= 11 is 5.92. The minimum absolute atomic E-state index is 0.0793. The Balaban J connectivity index is 1.29. The number of nitrogens with zero attached hydrogens (tertiary/aromatic N) is 2. The minimum atomic E-state index is -0.422. The van der Waals surface area contributed by atoms with E-state index in [0.29, 0.717) is 12.2 Å². The third kappa shape index (κ3) is 6.79. The minimum Gasteiger partial charge on any atom is -0.506 e. The van der Waals surface area contributed by atoms with Crippen molar-refractivity contribution in [1.82, 2.24) is 10.3 Å². The van der Waals surface area contributed by atoms with Gasteiger partial charge in [0.2, 0.25) is 0 Å². The van der Waals surface area contributed by atoms with E-state index >= 15 is 0 Å². The summed E-state index contributed by atoms with van der Waals surface area (Å²) < 4.78 is 6.44. The van der Waals surface area contributed by atoms with Crippen LogP contribution in [0, 0.1) is 20.8 Å². The Bertz CT molecular complexity index is 1600. The first-order valence-electron chi connectivity index (χ1n) is 13.7. The molecule has 0 radical (unpaired) electrons. The largest absolute Gasteiger partial charge is 0.506 e. The van der Waals surface area contributed by atoms with Crippen LogP contribution in [-0.4, -0.2) is 41.8 Å². The molecule has 7 heteroatoms. The van der Waals surface area contributed by atoms with E-state index in [0.717, 1.165) is 54.1 Å². The SMILES string of the molecule is Cc1cc2c(cc1C)CN(CCOc1c(C)cc(/C=N\NC(=O)c3ccc(O)c(Cl)c3)cc1-c1ccccc1)CC2. The van der Waals surface area contributed by atoms with E-state index in [1.165, 1.54) is 40.5 Å². The van der Waals surface area contributed by atoms with Gasteiger partial charge >= 0.3 is 0 Å². The van der Waals surface area contributed by atoms with E-state index in [1.54, 1.807) is 6.21 Å². The lowest BCUT2D eigenvalue weighted by Crippen LogP contribution is -2.34. The molecule has 4 aromatic rings. The van der Waals surface area contributed by atoms with Crippen molar-refractivity contribution in [3.8, 4) is 22.6 Å². The van der Waals surface area contributed by atoms with E-state index in [-0.39, 0.29) is 10.8 Å². The lowest BCUT2D eigenvalue weighted by Gasteiger charge is -2.29. The van der Waals surface area contributed by atoms with Crippen molar-refractivity contribution in [3.63, 3.8) is 0 Å². The second kappa shape index (κ2) is 12.6. The molecule has 1 aliphatic rings. The van der Waals surface area contributed by atoms with Crippen LogP contribution in [0.15, 0.2) is 77.9 Å². The number of aromatic hydroxyl groups is 1. The third-order valence-electron chi connectivity index (χ3n) is 7.53. The number of ether oxygens (including phenoxy) is 1. The van der Waals surface area contributed by atoms with Crippen LogP contribution >= 0.6 is 11.6 Å². The average Bonchev–Trinajstić information content (AvgIpc) is 2.96. The Kier molecular flexibility index (Phi) is 8.72. The molecular formula is C34H34ClN3O3. The number of benzene rings is 4. The van der Waals surface area contributed by atoms with Crippen molar-refractivity contribution in [3.05, 3.63) is 117 Å². The zero-order valence-electron chi connectivity index (χ0n) is 23.6. The maximum absolute atomic E-state index is 12.5. The molecule has 0 spiro atoms. The number of phenolic OH excluding ortho intramolecular Hbond substituents is 1. The molecule has 0 atom stereocenters. The monoisotopic (exact) mass is 567 g/mol. The zero-order chi connectivity index (χ0) is 28.9. The Labute approximate surface area is 246 Å². The molecule has 6 nitrogen and oxygen atoms in total. The number of rotatable bonds is 8. The number of carbonyl (C=O) groups is 1. The summed E-state index contributed by atoms with van der Waals surface area (Å²) in [6.07, 6.45) is 2.67. The number of amides is 1. The van der Waals surface area contributed by atoms with Crippen molar-refractivity contribution in [2.75, 3.05) is 19.7 Å². The van der Waals surface area contributed by atoms with Gasteiger partial charge in [-0.25, -0.2) is 5.43 Å². The molecular weight excluding hydrogens is 534 g/mol. The number of carbonyl (C=O) groups excluding carboxylic acids is 1. The van der Waals surface area contributed by atoms with Gasteiger partial charge in [-0.3, -0.25) is 9.69 Å². The van der Waals surface area contributed by atoms with Crippen LogP contribution in [0.1, 0.15) is 43.7 Å². The number of hydrazone groups is 1. The van der Waals surface area contributed by atoms with Gasteiger partial charge in [-0.05, 0) is 96.5 Å². The molecule has 0 bridgehead atoms. The summed E-state index contributed by atoms with van der Waals surface area (Å²) in [5.41, 5.74) is 12.3. The average molecular weight is 568 g/mol. The Morgan fingerprint density at radius 3 is 2.51 bits per heavy atom. The van der Waals surface area contributed by atoms with Gasteiger partial charge < -0.3 is 9.84 Å². The van der Waals surface area contributed by atoms with Gasteiger partial charge in [-0.2, -0.15) is 5.10 Å². The molecule has 0 saturated carbocycles. The highest BCUT2D eigenvalue weighted by Gasteiger charge is 2.18. The summed E-state index contributed by atoms with van der Waals surface area (Å²) in [7, 11) is 0. The normalized spacial score (nSPS) is 13.3. The van der Waals surface area contributed by atoms with E-state index in [4.69, 9.17) is 16.3 Å². The number of phenols is 1. The molecule has 210 valence electrons. The molecule has 0 aromatic heterocycles. The topological polar surface area (TPSA) is 74.2 Å². The lowest BCUT2D eigenvalue weighted by atomic mass is 9.94. The van der Waals surface area contributed by atoms with Crippen LogP contribution in [-0.2, 0) is 13.0 Å². The quantitative estimate of drug-likeness (QED) is 0.181. The highest BCUT2D eigenvalue weighted by atomic mass is 35.5. The highest BCUT2D eigenvalue weighted by molar-refractivity contribution is 6.32. The first-order chi connectivity index (χ1) is 19.8. The van der Waals surface area contributed by atoms with Crippen LogP contribution in [0.3, 0.4) is 0 Å². The molecule has 2 N–H and O–H groups in total. The van der Waals surface area contributed by atoms with E-state index in [2.05, 4.69) is 53.5 Å². The second-order valence-corrected chi connectivity index (χ2v) is 10.9. The van der Waals surface area contributed by atoms with Crippen molar-refractivity contribution in [2.45, 2.75) is 33.7 Å². The van der Waals surface area contributed by atoms with Gasteiger partial charge in [0, 0.05) is 30.8 Å². The molecule has 5 rings (SSSR count). The Hall–Kier alpha value is -4.13. The van der Waals surface area contributed by atoms with Gasteiger partial charge in [0.05, 0.1) is 11.2 Å². The summed E-state index contributed by atoms with van der Waals surface area (Å²) in [5, 5.41) is 13.8. The summed E-state index contributed by atoms with van der Waals surface area (Å²) in [5.74, 6) is 0.345. The Morgan fingerprint density at radius 1 is 1.00 bits per heavy atom. The van der Waals surface area contributed by atoms with Crippen molar-refractivity contribution >= 4 is 23.7 Å². The number of fused-ring (bicyclic) bond motifs is 1. The van der Waals surface area contributed by atoms with Gasteiger partial charge in [0.25, 0.3) is 5.91 Å². The Morgan fingerprint density at radius 2 is 1.76 bits per heavy atom. The van der Waals surface area contributed by atoms with Gasteiger partial charge in [-0.1, -0.05) is 54.1 Å². The van der Waals surface area contributed by atoms with Crippen LogP contribution in [0.5, 0.6) is 11.5 Å². The summed E-state index contributed by atoms with van der Waals surface area (Å²) in [6.45, 7) is 9.79. The van der Waals surface area contributed by atoms with Gasteiger partial charge in [0.15, 0.2) is 0 Å².